The van der Waals surface area contributed by atoms with Crippen LogP contribution >= 0.6 is 0 Å². The highest BCUT2D eigenvalue weighted by Gasteiger charge is 2.49. The monoisotopic (exact) mass is 372 g/mol. The minimum Gasteiger partial charge on any atom is -0.497 e. The number of aromatic nitrogens is 1. The van der Waals surface area contributed by atoms with Crippen LogP contribution in [0.1, 0.15) is 42.5 Å². The second-order valence-electron chi connectivity index (χ2n) is 9.09. The van der Waals surface area contributed by atoms with Crippen molar-refractivity contribution in [1.29, 1.82) is 0 Å². The van der Waals surface area contributed by atoms with Crippen LogP contribution in [-0.2, 0) is 11.8 Å². The molecule has 3 aliphatic rings. The van der Waals surface area contributed by atoms with Crippen LogP contribution in [0.2, 0.25) is 0 Å². The summed E-state index contributed by atoms with van der Waals surface area (Å²) in [5.41, 5.74) is 5.82. The molecule has 1 N–H and O–H groups in total. The zero-order chi connectivity index (χ0) is 18.7. The molecule has 1 saturated heterocycles. The molecule has 2 aromatic carbocycles. The lowest BCUT2D eigenvalue weighted by Gasteiger charge is -2.51. The summed E-state index contributed by atoms with van der Waals surface area (Å²) < 4.78 is 5.60. The first-order valence-corrected chi connectivity index (χ1v) is 10.8. The van der Waals surface area contributed by atoms with Crippen LogP contribution in [-0.4, -0.2) is 36.1 Å². The van der Waals surface area contributed by atoms with Crippen LogP contribution in [0.15, 0.2) is 48.5 Å². The molecule has 2 heterocycles. The predicted molar refractivity (Wildman–Crippen MR) is 113 cm³/mol. The summed E-state index contributed by atoms with van der Waals surface area (Å²) in [6, 6.07) is 18.4. The van der Waals surface area contributed by atoms with Gasteiger partial charge >= 0.3 is 0 Å². The summed E-state index contributed by atoms with van der Waals surface area (Å²) in [6.07, 6.45) is 6.44. The van der Waals surface area contributed by atoms with Gasteiger partial charge in [0.15, 0.2) is 0 Å². The number of nitrogens with one attached hydrogen (secondary N) is 1. The number of aromatic amines is 1. The lowest BCUT2D eigenvalue weighted by molar-refractivity contribution is 0.0912. The lowest BCUT2D eigenvalue weighted by Crippen LogP contribution is -2.54. The first kappa shape index (κ1) is 16.7. The van der Waals surface area contributed by atoms with Crippen LogP contribution in [0, 0.1) is 5.92 Å². The third kappa shape index (κ3) is 2.45. The number of ether oxygens (including phenoxy) is 1. The average Bonchev–Trinajstić information content (AvgIpc) is 3.47. The molecule has 3 nitrogen and oxygen atoms in total. The van der Waals surface area contributed by atoms with Gasteiger partial charge in [-0.3, -0.25) is 4.90 Å². The zero-order valence-corrected chi connectivity index (χ0v) is 16.6. The van der Waals surface area contributed by atoms with E-state index in [1.165, 1.54) is 60.9 Å². The average molecular weight is 373 g/mol. The van der Waals surface area contributed by atoms with E-state index in [-0.39, 0.29) is 5.41 Å². The van der Waals surface area contributed by atoms with E-state index in [4.69, 9.17) is 4.74 Å². The Morgan fingerprint density at radius 3 is 2.89 bits per heavy atom. The fourth-order valence-electron chi connectivity index (χ4n) is 5.91. The minimum absolute atomic E-state index is 0.0897. The highest BCUT2D eigenvalue weighted by atomic mass is 16.5. The molecule has 144 valence electrons. The van der Waals surface area contributed by atoms with Gasteiger partial charge in [-0.25, -0.2) is 0 Å². The fourth-order valence-corrected chi connectivity index (χ4v) is 5.91. The first-order chi connectivity index (χ1) is 13.8. The number of hydrogen-bond donors (Lipinski definition) is 1. The molecule has 6 rings (SSSR count). The number of methoxy groups -OCH3 is 1. The summed E-state index contributed by atoms with van der Waals surface area (Å²) >= 11 is 0. The first-order valence-electron chi connectivity index (χ1n) is 10.8. The third-order valence-electron chi connectivity index (χ3n) is 7.44. The fraction of sp³-hybridized carbons (Fsp3) is 0.440. The van der Waals surface area contributed by atoms with Crippen molar-refractivity contribution in [1.82, 2.24) is 9.88 Å². The van der Waals surface area contributed by atoms with Crippen molar-refractivity contribution in [2.24, 2.45) is 5.92 Å². The van der Waals surface area contributed by atoms with Gasteiger partial charge in [-0.2, -0.15) is 0 Å². The molecule has 1 aromatic heterocycles. The van der Waals surface area contributed by atoms with E-state index in [1.54, 1.807) is 12.7 Å². The van der Waals surface area contributed by atoms with Gasteiger partial charge in [-0.05, 0) is 67.5 Å². The van der Waals surface area contributed by atoms with Gasteiger partial charge in [0, 0.05) is 41.0 Å². The van der Waals surface area contributed by atoms with Crippen molar-refractivity contribution in [3.8, 4) is 5.75 Å². The molecule has 0 radical (unpaired) electrons. The second kappa shape index (κ2) is 6.12. The molecule has 0 spiro atoms. The van der Waals surface area contributed by atoms with Crippen molar-refractivity contribution < 1.29 is 4.74 Å². The quantitative estimate of drug-likeness (QED) is 0.706. The molecule has 3 heteroatoms. The van der Waals surface area contributed by atoms with Crippen LogP contribution in [0.25, 0.3) is 10.9 Å². The number of hydrogen-bond acceptors (Lipinski definition) is 2. The maximum absolute atomic E-state index is 5.60. The molecule has 2 aliphatic carbocycles. The second-order valence-corrected chi connectivity index (χ2v) is 9.09. The van der Waals surface area contributed by atoms with E-state index in [0.29, 0.717) is 6.04 Å². The Morgan fingerprint density at radius 2 is 2.04 bits per heavy atom. The molecular formula is C25H28N2O. The molecule has 0 unspecified atom stereocenters. The van der Waals surface area contributed by atoms with Gasteiger partial charge < -0.3 is 9.72 Å². The minimum atomic E-state index is 0.0897. The number of rotatable bonds is 4. The molecular weight excluding hydrogens is 344 g/mol. The summed E-state index contributed by atoms with van der Waals surface area (Å²) in [4.78, 5) is 6.60. The van der Waals surface area contributed by atoms with E-state index in [9.17, 15) is 0 Å². The molecule has 2 fully saturated rings. The third-order valence-corrected chi connectivity index (χ3v) is 7.44. The van der Waals surface area contributed by atoms with E-state index >= 15 is 0 Å². The van der Waals surface area contributed by atoms with Gasteiger partial charge in [-0.1, -0.05) is 30.3 Å². The number of benzene rings is 2. The van der Waals surface area contributed by atoms with Gasteiger partial charge in [0.2, 0.25) is 0 Å². The SMILES string of the molecule is COc1cccc([C@]23CCN(CC4CC4)[C@H](Cc4[nH]c5ccccc5c42)C3)c1. The van der Waals surface area contributed by atoms with Crippen LogP contribution in [0.3, 0.4) is 0 Å². The topological polar surface area (TPSA) is 28.3 Å². The summed E-state index contributed by atoms with van der Waals surface area (Å²) in [7, 11) is 1.77. The van der Waals surface area contributed by atoms with Gasteiger partial charge in [0.05, 0.1) is 7.11 Å². The largest absolute Gasteiger partial charge is 0.497 e. The smallest absolute Gasteiger partial charge is 0.119 e. The van der Waals surface area contributed by atoms with E-state index < -0.39 is 0 Å². The normalized spacial score (nSPS) is 27.0. The standard InChI is InChI=1S/C25H28N2O/c1-28-20-6-4-5-18(13-20)25-11-12-27(16-17-9-10-17)19(15-25)14-23-24(25)21-7-2-3-8-22(21)26-23/h2-8,13,17,19,26H,9-12,14-16H2,1H3/t19-,25-/m1/s1. The van der Waals surface area contributed by atoms with E-state index in [2.05, 4.69) is 58.4 Å². The van der Waals surface area contributed by atoms with Crippen LogP contribution in [0.5, 0.6) is 5.75 Å². The number of nitrogens with zero attached hydrogens (tertiary/aromatic N) is 1. The molecule has 2 atom stereocenters. The molecule has 3 aromatic rings. The number of H-pyrrole nitrogens is 1. The number of piperidine rings is 1. The Labute approximate surface area is 166 Å². The molecule has 0 amide bonds. The number of likely N-dealkylation sites (tertiary alicyclic amines) is 1. The Morgan fingerprint density at radius 1 is 1.14 bits per heavy atom. The maximum atomic E-state index is 5.60. The van der Waals surface area contributed by atoms with Crippen molar-refractivity contribution in [2.75, 3.05) is 20.2 Å². The van der Waals surface area contributed by atoms with Crippen LogP contribution in [0.4, 0.5) is 0 Å². The van der Waals surface area contributed by atoms with E-state index in [0.717, 1.165) is 18.1 Å². The van der Waals surface area contributed by atoms with Crippen LogP contribution < -0.4 is 4.74 Å². The van der Waals surface area contributed by atoms with Crippen molar-refractivity contribution in [2.45, 2.75) is 43.6 Å². The van der Waals surface area contributed by atoms with Crippen molar-refractivity contribution in [3.05, 3.63) is 65.4 Å². The Balaban J connectivity index is 1.53. The lowest BCUT2D eigenvalue weighted by atomic mass is 9.61. The Hall–Kier alpha value is -2.26. The number of fused-ring (bicyclic) bond motifs is 6. The van der Waals surface area contributed by atoms with Gasteiger partial charge in [0.1, 0.15) is 5.75 Å². The molecule has 1 saturated carbocycles. The highest BCUT2D eigenvalue weighted by Crippen LogP contribution is 2.52. The van der Waals surface area contributed by atoms with E-state index in [1.807, 2.05) is 0 Å². The Bertz CT molecular complexity index is 1030. The summed E-state index contributed by atoms with van der Waals surface area (Å²) in [5.74, 6) is 1.92. The van der Waals surface area contributed by atoms with Gasteiger partial charge in [-0.15, -0.1) is 0 Å². The highest BCUT2D eigenvalue weighted by molar-refractivity contribution is 5.87. The Kier molecular flexibility index (Phi) is 3.64. The molecule has 2 bridgehead atoms. The predicted octanol–water partition coefficient (Wildman–Crippen LogP) is 4.89. The summed E-state index contributed by atoms with van der Waals surface area (Å²) in [6.45, 7) is 2.51. The zero-order valence-electron chi connectivity index (χ0n) is 16.6. The maximum Gasteiger partial charge on any atom is 0.119 e. The number of para-hydroxylation sites is 1. The van der Waals surface area contributed by atoms with Gasteiger partial charge in [0.25, 0.3) is 0 Å². The molecule has 1 aliphatic heterocycles. The van der Waals surface area contributed by atoms with Crippen molar-refractivity contribution in [3.63, 3.8) is 0 Å². The summed E-state index contributed by atoms with van der Waals surface area (Å²) in [5, 5.41) is 1.41. The molecule has 28 heavy (non-hydrogen) atoms. The van der Waals surface area contributed by atoms with Crippen molar-refractivity contribution >= 4 is 10.9 Å².